The van der Waals surface area contributed by atoms with Gasteiger partial charge >= 0.3 is 0 Å². The number of anilines is 2. The quantitative estimate of drug-likeness (QED) is 0.770. The van der Waals surface area contributed by atoms with E-state index in [1.165, 1.54) is 0 Å². The van der Waals surface area contributed by atoms with Crippen molar-refractivity contribution in [1.82, 2.24) is 4.98 Å². The molecule has 0 saturated heterocycles. The highest BCUT2D eigenvalue weighted by Crippen LogP contribution is 2.31. The maximum absolute atomic E-state index is 9.53. The van der Waals surface area contributed by atoms with Crippen LogP contribution in [0.5, 0.6) is 0 Å². The summed E-state index contributed by atoms with van der Waals surface area (Å²) >= 11 is 12.3. The lowest BCUT2D eigenvalue weighted by molar-refractivity contribution is 0.126. The number of nitrogens with zero attached hydrogens (tertiary/aromatic N) is 1. The van der Waals surface area contributed by atoms with E-state index in [1.54, 1.807) is 6.07 Å². The van der Waals surface area contributed by atoms with Crippen molar-refractivity contribution in [3.63, 3.8) is 0 Å². The molecule has 0 aliphatic heterocycles. The molecule has 4 nitrogen and oxygen atoms in total. The average molecular weight is 318 g/mol. The summed E-state index contributed by atoms with van der Waals surface area (Å²) in [6.45, 7) is 2.91. The molecule has 3 N–H and O–H groups in total. The van der Waals surface area contributed by atoms with Gasteiger partial charge in [-0.05, 0) is 38.2 Å². The van der Waals surface area contributed by atoms with Crippen LogP contribution in [0.15, 0.2) is 6.07 Å². The molecule has 1 aromatic heterocycles. The highest BCUT2D eigenvalue weighted by Gasteiger charge is 2.20. The molecule has 20 heavy (non-hydrogen) atoms. The first-order valence-electron chi connectivity index (χ1n) is 7.14. The number of hydrogen-bond acceptors (Lipinski definition) is 4. The fourth-order valence-electron chi connectivity index (χ4n) is 2.35. The van der Waals surface area contributed by atoms with Crippen LogP contribution in [-0.4, -0.2) is 28.8 Å². The minimum atomic E-state index is -0.163. The van der Waals surface area contributed by atoms with Crippen molar-refractivity contribution >= 4 is 34.8 Å². The number of rotatable bonds is 5. The highest BCUT2D eigenvalue weighted by molar-refractivity contribution is 6.37. The standard InChI is InChI=1S/C14H21Cl2N3O/c1-2-7-17-13-11(15)8-12(16)14(19-13)18-9-3-5-10(20)6-4-9/h8-10,20H,2-7H2,1H3,(H2,17,18,19). The largest absolute Gasteiger partial charge is 0.393 e. The normalized spacial score (nSPS) is 22.6. The second kappa shape index (κ2) is 7.34. The molecule has 0 bridgehead atoms. The molecule has 0 atom stereocenters. The Labute approximate surface area is 129 Å². The highest BCUT2D eigenvalue weighted by atomic mass is 35.5. The predicted molar refractivity (Wildman–Crippen MR) is 84.9 cm³/mol. The summed E-state index contributed by atoms with van der Waals surface area (Å²) in [5, 5.41) is 17.1. The molecule has 2 rings (SSSR count). The summed E-state index contributed by atoms with van der Waals surface area (Å²) in [7, 11) is 0. The Morgan fingerprint density at radius 2 is 1.85 bits per heavy atom. The van der Waals surface area contributed by atoms with Crippen molar-refractivity contribution in [2.24, 2.45) is 0 Å². The van der Waals surface area contributed by atoms with E-state index in [2.05, 4.69) is 22.5 Å². The topological polar surface area (TPSA) is 57.2 Å². The summed E-state index contributed by atoms with van der Waals surface area (Å²) in [5.41, 5.74) is 0. The van der Waals surface area contributed by atoms with E-state index in [0.717, 1.165) is 38.6 Å². The van der Waals surface area contributed by atoms with Gasteiger partial charge in [-0.15, -0.1) is 0 Å². The van der Waals surface area contributed by atoms with E-state index in [-0.39, 0.29) is 6.10 Å². The Morgan fingerprint density at radius 1 is 1.20 bits per heavy atom. The van der Waals surface area contributed by atoms with Crippen LogP contribution in [0.2, 0.25) is 10.0 Å². The van der Waals surface area contributed by atoms with Crippen LogP contribution in [0, 0.1) is 0 Å². The number of nitrogens with one attached hydrogen (secondary N) is 2. The van der Waals surface area contributed by atoms with Gasteiger partial charge in [0.1, 0.15) is 11.6 Å². The molecule has 1 aliphatic rings. The molecule has 0 aromatic carbocycles. The zero-order valence-electron chi connectivity index (χ0n) is 11.6. The van der Waals surface area contributed by atoms with Crippen LogP contribution in [0.1, 0.15) is 39.0 Å². The number of aliphatic hydroxyl groups is 1. The third-order valence-electron chi connectivity index (χ3n) is 3.51. The third kappa shape index (κ3) is 4.14. The van der Waals surface area contributed by atoms with Crippen LogP contribution in [0.25, 0.3) is 0 Å². The summed E-state index contributed by atoms with van der Waals surface area (Å²) in [4.78, 5) is 4.47. The number of pyridine rings is 1. The zero-order valence-corrected chi connectivity index (χ0v) is 13.1. The van der Waals surface area contributed by atoms with Crippen molar-refractivity contribution in [2.75, 3.05) is 17.2 Å². The fourth-order valence-corrected chi connectivity index (χ4v) is 2.83. The second-order valence-electron chi connectivity index (χ2n) is 5.23. The van der Waals surface area contributed by atoms with E-state index in [9.17, 15) is 5.11 Å². The summed E-state index contributed by atoms with van der Waals surface area (Å²) in [5.74, 6) is 1.33. The molecule has 112 valence electrons. The Morgan fingerprint density at radius 3 is 2.50 bits per heavy atom. The Kier molecular flexibility index (Phi) is 5.75. The molecule has 0 unspecified atom stereocenters. The van der Waals surface area contributed by atoms with Crippen LogP contribution >= 0.6 is 23.2 Å². The van der Waals surface area contributed by atoms with Crippen molar-refractivity contribution in [1.29, 1.82) is 0 Å². The van der Waals surface area contributed by atoms with E-state index in [4.69, 9.17) is 23.2 Å². The summed E-state index contributed by atoms with van der Waals surface area (Å²) in [6, 6.07) is 2.03. The summed E-state index contributed by atoms with van der Waals surface area (Å²) < 4.78 is 0. The van der Waals surface area contributed by atoms with Crippen molar-refractivity contribution < 1.29 is 5.11 Å². The molecule has 1 fully saturated rings. The molecule has 0 radical (unpaired) electrons. The van der Waals surface area contributed by atoms with E-state index >= 15 is 0 Å². The predicted octanol–water partition coefficient (Wildman–Crippen LogP) is 3.93. The fraction of sp³-hybridized carbons (Fsp3) is 0.643. The lowest BCUT2D eigenvalue weighted by Crippen LogP contribution is -2.28. The third-order valence-corrected chi connectivity index (χ3v) is 4.09. The minimum Gasteiger partial charge on any atom is -0.393 e. The van der Waals surface area contributed by atoms with Crippen LogP contribution < -0.4 is 10.6 Å². The first-order valence-corrected chi connectivity index (χ1v) is 7.90. The zero-order chi connectivity index (χ0) is 14.5. The van der Waals surface area contributed by atoms with Gasteiger partial charge in [0.25, 0.3) is 0 Å². The molecule has 6 heteroatoms. The van der Waals surface area contributed by atoms with Crippen molar-refractivity contribution in [3.05, 3.63) is 16.1 Å². The van der Waals surface area contributed by atoms with Gasteiger partial charge in [-0.1, -0.05) is 30.1 Å². The van der Waals surface area contributed by atoms with Crippen molar-refractivity contribution in [2.45, 2.75) is 51.2 Å². The molecular weight excluding hydrogens is 297 g/mol. The molecule has 1 saturated carbocycles. The second-order valence-corrected chi connectivity index (χ2v) is 6.04. The maximum Gasteiger partial charge on any atom is 0.147 e. The van der Waals surface area contributed by atoms with Gasteiger partial charge < -0.3 is 15.7 Å². The van der Waals surface area contributed by atoms with Crippen LogP contribution in [-0.2, 0) is 0 Å². The van der Waals surface area contributed by atoms with E-state index in [1.807, 2.05) is 0 Å². The molecule has 0 spiro atoms. The van der Waals surface area contributed by atoms with Gasteiger partial charge in [-0.25, -0.2) is 4.98 Å². The molecule has 1 aliphatic carbocycles. The number of aliphatic hydroxyl groups excluding tert-OH is 1. The maximum atomic E-state index is 9.53. The lowest BCUT2D eigenvalue weighted by atomic mass is 9.93. The minimum absolute atomic E-state index is 0.163. The Balaban J connectivity index is 2.06. The number of aromatic nitrogens is 1. The molecule has 0 amide bonds. The number of halogens is 2. The average Bonchev–Trinajstić information content (AvgIpc) is 2.43. The van der Waals surface area contributed by atoms with Crippen molar-refractivity contribution in [3.8, 4) is 0 Å². The monoisotopic (exact) mass is 317 g/mol. The van der Waals surface area contributed by atoms with Gasteiger partial charge in [0.2, 0.25) is 0 Å². The SMILES string of the molecule is CCCNc1nc(NC2CCC(O)CC2)c(Cl)cc1Cl. The van der Waals surface area contributed by atoms with Gasteiger partial charge in [0.05, 0.1) is 16.1 Å². The number of hydrogen-bond donors (Lipinski definition) is 3. The first-order chi connectivity index (χ1) is 9.60. The van der Waals surface area contributed by atoms with Gasteiger partial charge in [0, 0.05) is 12.6 Å². The van der Waals surface area contributed by atoms with Gasteiger partial charge in [0.15, 0.2) is 0 Å². The smallest absolute Gasteiger partial charge is 0.147 e. The molecular formula is C14H21Cl2N3O. The Hall–Kier alpha value is -0.710. The van der Waals surface area contributed by atoms with Crippen LogP contribution in [0.4, 0.5) is 11.6 Å². The summed E-state index contributed by atoms with van der Waals surface area (Å²) in [6.07, 6.45) is 4.35. The molecule has 1 heterocycles. The van der Waals surface area contributed by atoms with Gasteiger partial charge in [-0.3, -0.25) is 0 Å². The first kappa shape index (κ1) is 15.7. The van der Waals surface area contributed by atoms with E-state index in [0.29, 0.717) is 27.7 Å². The van der Waals surface area contributed by atoms with Gasteiger partial charge in [-0.2, -0.15) is 0 Å². The lowest BCUT2D eigenvalue weighted by Gasteiger charge is -2.27. The van der Waals surface area contributed by atoms with E-state index < -0.39 is 0 Å². The molecule has 1 aromatic rings. The van der Waals surface area contributed by atoms with Crippen LogP contribution in [0.3, 0.4) is 0 Å². The Bertz CT molecular complexity index is 448.